The lowest BCUT2D eigenvalue weighted by atomic mass is 9.95. The molecule has 21 heavy (non-hydrogen) atoms. The summed E-state index contributed by atoms with van der Waals surface area (Å²) in [5, 5.41) is 5.39. The third-order valence-electron chi connectivity index (χ3n) is 3.76. The van der Waals surface area contributed by atoms with Crippen LogP contribution >= 0.6 is 11.6 Å². The Morgan fingerprint density at radius 1 is 1.05 bits per heavy atom. The van der Waals surface area contributed by atoms with E-state index in [0.29, 0.717) is 0 Å². The molecule has 0 bridgehead atoms. The maximum Gasteiger partial charge on any atom is 0.0705 e. The van der Waals surface area contributed by atoms with Gasteiger partial charge in [-0.1, -0.05) is 41.9 Å². The topological polar surface area (TPSA) is 24.9 Å². The standard InChI is InChI=1S/C18H17ClN2/c1-20-18(12-13-7-9-14(19)10-8-13)16-4-2-6-17-15(16)5-3-11-21-17/h2-11,18,20H,12H2,1H3. The molecule has 0 saturated heterocycles. The Bertz CT molecular complexity index is 732. The van der Waals surface area contributed by atoms with Gasteiger partial charge in [0.1, 0.15) is 0 Å². The molecular weight excluding hydrogens is 280 g/mol. The lowest BCUT2D eigenvalue weighted by Gasteiger charge is -2.18. The van der Waals surface area contributed by atoms with Crippen molar-refractivity contribution in [3.8, 4) is 0 Å². The fraction of sp³-hybridized carbons (Fsp3) is 0.167. The lowest BCUT2D eigenvalue weighted by molar-refractivity contribution is 0.596. The summed E-state index contributed by atoms with van der Waals surface area (Å²) in [6.45, 7) is 0. The number of fused-ring (bicyclic) bond motifs is 1. The molecule has 1 N–H and O–H groups in total. The summed E-state index contributed by atoms with van der Waals surface area (Å²) in [6.07, 6.45) is 2.75. The molecule has 2 nitrogen and oxygen atoms in total. The second kappa shape index (κ2) is 6.25. The van der Waals surface area contributed by atoms with Crippen LogP contribution in [0.4, 0.5) is 0 Å². The minimum absolute atomic E-state index is 0.249. The molecule has 3 aromatic rings. The summed E-state index contributed by atoms with van der Waals surface area (Å²) in [6, 6.07) is 18.7. The zero-order chi connectivity index (χ0) is 14.7. The number of aromatic nitrogens is 1. The zero-order valence-electron chi connectivity index (χ0n) is 11.9. The summed E-state index contributed by atoms with van der Waals surface area (Å²) < 4.78 is 0. The number of benzene rings is 2. The SMILES string of the molecule is CNC(Cc1ccc(Cl)cc1)c1cccc2ncccc12. The first-order chi connectivity index (χ1) is 10.3. The predicted molar refractivity (Wildman–Crippen MR) is 88.7 cm³/mol. The van der Waals surface area contributed by atoms with E-state index in [-0.39, 0.29) is 6.04 Å². The first kappa shape index (κ1) is 14.1. The Morgan fingerprint density at radius 2 is 1.86 bits per heavy atom. The van der Waals surface area contributed by atoms with Crippen molar-refractivity contribution < 1.29 is 0 Å². The third-order valence-corrected chi connectivity index (χ3v) is 4.01. The molecule has 3 heteroatoms. The molecule has 106 valence electrons. The van der Waals surface area contributed by atoms with Gasteiger partial charge in [-0.2, -0.15) is 0 Å². The van der Waals surface area contributed by atoms with Crippen molar-refractivity contribution in [2.75, 3.05) is 7.05 Å². The van der Waals surface area contributed by atoms with Gasteiger partial charge in [-0.05, 0) is 48.9 Å². The number of nitrogens with one attached hydrogen (secondary N) is 1. The van der Waals surface area contributed by atoms with Crippen LogP contribution < -0.4 is 5.32 Å². The monoisotopic (exact) mass is 296 g/mol. The van der Waals surface area contributed by atoms with Crippen molar-refractivity contribution in [3.05, 3.63) is 76.9 Å². The van der Waals surface area contributed by atoms with Crippen LogP contribution in [-0.4, -0.2) is 12.0 Å². The number of nitrogens with zero attached hydrogens (tertiary/aromatic N) is 1. The van der Waals surface area contributed by atoms with Crippen LogP contribution in [0.15, 0.2) is 60.8 Å². The van der Waals surface area contributed by atoms with Crippen molar-refractivity contribution in [1.82, 2.24) is 10.3 Å². The van der Waals surface area contributed by atoms with Gasteiger partial charge < -0.3 is 5.32 Å². The number of pyridine rings is 1. The van der Waals surface area contributed by atoms with Gasteiger partial charge in [0.25, 0.3) is 0 Å². The van der Waals surface area contributed by atoms with Gasteiger partial charge in [0.05, 0.1) is 5.52 Å². The third kappa shape index (κ3) is 3.07. The van der Waals surface area contributed by atoms with Crippen LogP contribution in [0.3, 0.4) is 0 Å². The van der Waals surface area contributed by atoms with E-state index < -0.39 is 0 Å². The zero-order valence-corrected chi connectivity index (χ0v) is 12.6. The summed E-state index contributed by atoms with van der Waals surface area (Å²) in [7, 11) is 2.00. The van der Waals surface area contributed by atoms with Gasteiger partial charge in [0, 0.05) is 22.6 Å². The Hall–Kier alpha value is -1.90. The molecule has 0 radical (unpaired) electrons. The van der Waals surface area contributed by atoms with Gasteiger partial charge in [-0.15, -0.1) is 0 Å². The predicted octanol–water partition coefficient (Wildman–Crippen LogP) is 4.39. The van der Waals surface area contributed by atoms with E-state index in [1.165, 1.54) is 16.5 Å². The van der Waals surface area contributed by atoms with Crippen LogP contribution in [0, 0.1) is 0 Å². The van der Waals surface area contributed by atoms with Crippen molar-refractivity contribution in [2.24, 2.45) is 0 Å². The summed E-state index contributed by atoms with van der Waals surface area (Å²) >= 11 is 5.95. The van der Waals surface area contributed by atoms with E-state index in [1.54, 1.807) is 0 Å². The van der Waals surface area contributed by atoms with E-state index in [4.69, 9.17) is 11.6 Å². The van der Waals surface area contributed by atoms with Crippen LogP contribution in [-0.2, 0) is 6.42 Å². The van der Waals surface area contributed by atoms with Crippen molar-refractivity contribution >= 4 is 22.5 Å². The lowest BCUT2D eigenvalue weighted by Crippen LogP contribution is -2.19. The average molecular weight is 297 g/mol. The normalized spacial score (nSPS) is 12.5. The van der Waals surface area contributed by atoms with Crippen LogP contribution in [0.2, 0.25) is 5.02 Å². The molecule has 3 rings (SSSR count). The highest BCUT2D eigenvalue weighted by atomic mass is 35.5. The summed E-state index contributed by atoms with van der Waals surface area (Å²) in [5.41, 5.74) is 3.57. The van der Waals surface area contributed by atoms with E-state index in [9.17, 15) is 0 Å². The number of hydrogen-bond acceptors (Lipinski definition) is 2. The molecular formula is C18H17ClN2. The van der Waals surface area contributed by atoms with Crippen LogP contribution in [0.25, 0.3) is 10.9 Å². The largest absolute Gasteiger partial charge is 0.313 e. The smallest absolute Gasteiger partial charge is 0.0705 e. The summed E-state index contributed by atoms with van der Waals surface area (Å²) in [5.74, 6) is 0. The van der Waals surface area contributed by atoms with E-state index >= 15 is 0 Å². The van der Waals surface area contributed by atoms with Gasteiger partial charge in [-0.3, -0.25) is 4.98 Å². The molecule has 0 saturated carbocycles. The highest BCUT2D eigenvalue weighted by Crippen LogP contribution is 2.26. The van der Waals surface area contributed by atoms with Crippen LogP contribution in [0.1, 0.15) is 17.2 Å². The molecule has 0 spiro atoms. The Balaban J connectivity index is 1.96. The molecule has 1 atom stereocenters. The molecule has 0 aliphatic heterocycles. The maximum atomic E-state index is 5.95. The van der Waals surface area contributed by atoms with Gasteiger partial charge in [0.15, 0.2) is 0 Å². The first-order valence-corrected chi connectivity index (χ1v) is 7.41. The Labute approximate surface area is 129 Å². The van der Waals surface area contributed by atoms with Crippen molar-refractivity contribution in [1.29, 1.82) is 0 Å². The second-order valence-corrected chi connectivity index (χ2v) is 5.53. The van der Waals surface area contributed by atoms with Crippen molar-refractivity contribution in [3.63, 3.8) is 0 Å². The number of likely N-dealkylation sites (N-methyl/N-ethyl adjacent to an activating group) is 1. The molecule has 1 unspecified atom stereocenters. The fourth-order valence-electron chi connectivity index (χ4n) is 2.65. The molecule has 1 aromatic heterocycles. The quantitative estimate of drug-likeness (QED) is 0.772. The molecule has 0 amide bonds. The number of halogens is 1. The molecule has 1 heterocycles. The minimum Gasteiger partial charge on any atom is -0.313 e. The molecule has 0 aliphatic carbocycles. The Morgan fingerprint density at radius 3 is 2.62 bits per heavy atom. The number of hydrogen-bond donors (Lipinski definition) is 1. The average Bonchev–Trinajstić information content (AvgIpc) is 2.54. The maximum absolute atomic E-state index is 5.95. The first-order valence-electron chi connectivity index (χ1n) is 7.03. The van der Waals surface area contributed by atoms with Gasteiger partial charge in [-0.25, -0.2) is 0 Å². The van der Waals surface area contributed by atoms with E-state index in [2.05, 4.69) is 40.6 Å². The highest BCUT2D eigenvalue weighted by Gasteiger charge is 2.13. The Kier molecular flexibility index (Phi) is 4.18. The van der Waals surface area contributed by atoms with E-state index in [0.717, 1.165) is 17.0 Å². The van der Waals surface area contributed by atoms with Gasteiger partial charge in [0.2, 0.25) is 0 Å². The van der Waals surface area contributed by atoms with Gasteiger partial charge >= 0.3 is 0 Å². The second-order valence-electron chi connectivity index (χ2n) is 5.09. The minimum atomic E-state index is 0.249. The van der Waals surface area contributed by atoms with E-state index in [1.807, 2.05) is 37.5 Å². The summed E-state index contributed by atoms with van der Waals surface area (Å²) in [4.78, 5) is 4.43. The number of rotatable bonds is 4. The highest BCUT2D eigenvalue weighted by molar-refractivity contribution is 6.30. The van der Waals surface area contributed by atoms with Crippen LogP contribution in [0.5, 0.6) is 0 Å². The molecule has 2 aromatic carbocycles. The van der Waals surface area contributed by atoms with Crippen molar-refractivity contribution in [2.45, 2.75) is 12.5 Å². The molecule has 0 fully saturated rings. The molecule has 0 aliphatic rings. The fourth-order valence-corrected chi connectivity index (χ4v) is 2.78.